The number of hydrogen-bond acceptors (Lipinski definition) is 26. The lowest BCUT2D eigenvalue weighted by molar-refractivity contribution is 0.157. The molecule has 12 N–H and O–H groups in total. The Morgan fingerprint density at radius 3 is 1.10 bits per heavy atom. The molecule has 12 aliphatic rings. The highest BCUT2D eigenvalue weighted by Crippen LogP contribution is 2.51. The molecule has 684 valence electrons. The number of pyridine rings is 5. The van der Waals surface area contributed by atoms with Gasteiger partial charge in [0, 0.05) is 147 Å². The summed E-state index contributed by atoms with van der Waals surface area (Å²) in [5.41, 5.74) is 65.2. The number of ether oxygens (including phenoxy) is 7. The van der Waals surface area contributed by atoms with E-state index in [-0.39, 0.29) is 76.2 Å². The molecule has 0 bridgehead atoms. The monoisotopic (exact) mass is 1800 g/mol. The zero-order chi connectivity index (χ0) is 93.5. The van der Waals surface area contributed by atoms with E-state index in [0.717, 1.165) is 121 Å². The van der Waals surface area contributed by atoms with Crippen LogP contribution in [0.4, 0.5) is 4.39 Å². The Morgan fingerprint density at radius 1 is 0.311 bits per heavy atom. The maximum absolute atomic E-state index is 14.4. The number of nitrogens with zero attached hydrogens (tertiary/aromatic N) is 13. The van der Waals surface area contributed by atoms with Gasteiger partial charge in [0.05, 0.1) is 36.9 Å². The second kappa shape index (κ2) is 34.9. The van der Waals surface area contributed by atoms with Crippen molar-refractivity contribution >= 4 is 47.0 Å². The fourth-order valence-electron chi connectivity index (χ4n) is 22.2. The lowest BCUT2D eigenvalue weighted by Gasteiger charge is -2.23. The summed E-state index contributed by atoms with van der Waals surface area (Å²) in [6.45, 7) is 16.4. The van der Waals surface area contributed by atoms with Crippen LogP contribution in [0.25, 0.3) is 77.8 Å². The summed E-state index contributed by atoms with van der Waals surface area (Å²) < 4.78 is 53.1. The van der Waals surface area contributed by atoms with Gasteiger partial charge in [0.2, 0.25) is 5.88 Å². The number of nitrogens with two attached hydrogens (primary N) is 6. The maximum Gasteiger partial charge on any atom is 0.282 e. The maximum atomic E-state index is 14.4. The predicted octanol–water partition coefficient (Wildman–Crippen LogP) is 15.2. The Morgan fingerprint density at radius 2 is 0.704 bits per heavy atom. The Hall–Kier alpha value is -15.0. The van der Waals surface area contributed by atoms with Crippen LogP contribution in [0.2, 0.25) is 0 Å². The van der Waals surface area contributed by atoms with Crippen LogP contribution in [0.3, 0.4) is 0 Å². The standard InChI is InChI=1S/C21H19N3O.C18H18FN3O2.2C18H19N3O.C17H17N3O.C16H16N4O/c1-13-21(24-20(22)25-13)10-15-6-4-7-17(18(15)11-21)16-9-14-5-2-3-8-19(14)23-12-16;1-10-18(22-17(20)24-10)7-11-4-3-5-12(14(11)8-18)13-6-16(23-2)21-9-15(13)19;1-11-10-20-7-6-14(11)15-5-3-4-13-8-18(9-16(13)15)12(2)22-17(19)21-18;1-11-8-13(6-7-20-11)15-5-3-4-14-9-18(10-16(14)15)12(2)22-17(19)21-18;1-11-17(20-16(18)21-11)9-12-5-4-6-13(14(12)10-17)15-7-2-3-8-19-15;1-10-16(20-15(17)21-10)7-11-3-2-4-13(14(11)8-16)12-5-6-18-19-9-12/h2-9,12-13H,10-11H2,1H3,(H2,22,24);3-6,9-10H,7-8H2,1-2H3,(H2,20,22);3-7,10,12H,8-9H2,1-2H3,(H2,19,21);3-8,12H,9-10H2,1-2H3,(H2,19,21);2-8,11H,9-10H2,1H3,(H2,18,20);2-6,9-10H,7-8H2,1H3,(H2,17,20)/t13-,21-;10-,18-;2*12-,18-;11-,17-;10-,16-/m111111/s1. The molecule has 7 aromatic carbocycles. The number of halogens is 1. The summed E-state index contributed by atoms with van der Waals surface area (Å²) in [5.74, 6) is 0.0143. The van der Waals surface area contributed by atoms with Crippen LogP contribution in [0, 0.1) is 19.7 Å². The Balaban J connectivity index is 0.000000100. The Bertz CT molecular complexity index is 6910. The van der Waals surface area contributed by atoms with Crippen molar-refractivity contribution in [3.63, 3.8) is 0 Å². The van der Waals surface area contributed by atoms with E-state index < -0.39 is 5.54 Å². The van der Waals surface area contributed by atoms with Gasteiger partial charge in [-0.15, -0.1) is 0 Å². The van der Waals surface area contributed by atoms with Gasteiger partial charge in [0.25, 0.3) is 36.1 Å². The average molecular weight is 1800 g/mol. The minimum Gasteiger partial charge on any atom is -0.481 e. The molecule has 13 aromatic rings. The lowest BCUT2D eigenvalue weighted by Crippen LogP contribution is -2.36. The van der Waals surface area contributed by atoms with E-state index in [1.165, 1.54) is 113 Å². The number of aryl methyl sites for hydroxylation is 2. The number of methoxy groups -OCH3 is 1. The lowest BCUT2D eigenvalue weighted by atomic mass is 9.90. The first kappa shape index (κ1) is 87.9. The summed E-state index contributed by atoms with van der Waals surface area (Å²) in [7, 11) is 1.52. The number of amidine groups is 6. The first-order valence-corrected chi connectivity index (χ1v) is 46.0. The van der Waals surface area contributed by atoms with Crippen LogP contribution in [0.15, 0.2) is 268 Å². The first-order valence-electron chi connectivity index (χ1n) is 46.0. The molecule has 0 unspecified atom stereocenters. The molecule has 0 amide bonds. The van der Waals surface area contributed by atoms with Crippen molar-refractivity contribution in [2.75, 3.05) is 7.11 Å². The summed E-state index contributed by atoms with van der Waals surface area (Å²) >= 11 is 0. The second-order valence-corrected chi connectivity index (χ2v) is 37.5. The van der Waals surface area contributed by atoms with Gasteiger partial charge in [0.1, 0.15) is 75.7 Å². The van der Waals surface area contributed by atoms with E-state index in [9.17, 15) is 4.39 Å². The molecule has 25 rings (SSSR count). The van der Waals surface area contributed by atoms with E-state index >= 15 is 0 Å². The highest BCUT2D eigenvalue weighted by atomic mass is 19.1. The fraction of sp³-hybridized carbons (Fsp3) is 0.306. The molecule has 6 aromatic heterocycles. The van der Waals surface area contributed by atoms with Gasteiger partial charge in [-0.2, -0.15) is 10.2 Å². The zero-order valence-corrected chi connectivity index (χ0v) is 77.0. The highest BCUT2D eigenvalue weighted by molar-refractivity contribution is 5.86. The summed E-state index contributed by atoms with van der Waals surface area (Å²) in [5, 5.41) is 8.99. The van der Waals surface area contributed by atoms with Crippen molar-refractivity contribution in [2.45, 2.75) is 202 Å². The normalized spacial score (nSPS) is 25.6. The molecule has 0 saturated carbocycles. The third-order valence-corrected chi connectivity index (χ3v) is 29.4. The molecule has 12 heterocycles. The van der Waals surface area contributed by atoms with Crippen molar-refractivity contribution in [2.24, 2.45) is 64.4 Å². The molecule has 0 saturated heterocycles. The molecule has 26 nitrogen and oxygen atoms in total. The minimum absolute atomic E-state index is 0.00229. The van der Waals surface area contributed by atoms with E-state index in [2.05, 4.69) is 227 Å². The number of benzene rings is 7. The van der Waals surface area contributed by atoms with Crippen LogP contribution < -0.4 is 39.1 Å². The van der Waals surface area contributed by atoms with Crippen LogP contribution >= 0.6 is 0 Å². The first-order chi connectivity index (χ1) is 65.2. The summed E-state index contributed by atoms with van der Waals surface area (Å²) in [4.78, 5) is 49.2. The average Bonchev–Trinajstić information content (AvgIpc) is 1.63. The fourth-order valence-corrected chi connectivity index (χ4v) is 22.2. The highest BCUT2D eigenvalue weighted by Gasteiger charge is 2.54. The van der Waals surface area contributed by atoms with Gasteiger partial charge >= 0.3 is 0 Å². The predicted molar refractivity (Wildman–Crippen MR) is 523 cm³/mol. The van der Waals surface area contributed by atoms with Crippen molar-refractivity contribution in [3.8, 4) is 72.8 Å². The van der Waals surface area contributed by atoms with E-state index in [1.807, 2.05) is 106 Å². The molecular formula is C108H108FN19O7. The third kappa shape index (κ3) is 16.4. The molecule has 12 atom stereocenters. The van der Waals surface area contributed by atoms with Gasteiger partial charge in [-0.3, -0.25) is 19.9 Å². The third-order valence-electron chi connectivity index (χ3n) is 29.4. The van der Waals surface area contributed by atoms with Crippen molar-refractivity contribution in [3.05, 3.63) is 321 Å². The number of hydrogen-bond donors (Lipinski definition) is 6. The Kier molecular flexibility index (Phi) is 22.7. The molecule has 135 heavy (non-hydrogen) atoms. The largest absolute Gasteiger partial charge is 0.481 e. The minimum atomic E-state index is -0.393. The summed E-state index contributed by atoms with van der Waals surface area (Å²) in [6, 6.07) is 66.3. The van der Waals surface area contributed by atoms with Crippen molar-refractivity contribution in [1.82, 2.24) is 35.1 Å². The molecule has 0 fully saturated rings. The van der Waals surface area contributed by atoms with Gasteiger partial charge in [0.15, 0.2) is 0 Å². The van der Waals surface area contributed by atoms with Gasteiger partial charge in [-0.25, -0.2) is 39.3 Å². The number of aromatic nitrogens is 7. The van der Waals surface area contributed by atoms with Gasteiger partial charge < -0.3 is 67.6 Å². The molecule has 6 aliphatic carbocycles. The quantitative estimate of drug-likeness (QED) is 0.0863. The van der Waals surface area contributed by atoms with E-state index in [1.54, 1.807) is 18.5 Å². The number of fused-ring (bicyclic) bond motifs is 7. The summed E-state index contributed by atoms with van der Waals surface area (Å²) in [6.07, 6.45) is 24.2. The smallest absolute Gasteiger partial charge is 0.282 e. The molecule has 27 heteroatoms. The topological polar surface area (TPSA) is 385 Å². The number of para-hydroxylation sites is 1. The van der Waals surface area contributed by atoms with Crippen LogP contribution in [-0.2, 0) is 105 Å². The molecular weight excluding hydrogens is 1690 g/mol. The molecule has 6 aliphatic heterocycles. The SMILES string of the molecule is COc1cc(-c2cccc3c2C[C@@]2(C3)N=C(N)O[C@@H]2C)c(F)cn1.C[C@H]1OC(N)=N[C@@]12Cc1cccc(-c3ccccn3)c1C2.C[C@H]1OC(N)=N[C@@]12Cc1cccc(-c3ccnnc3)c1C2.C[C@H]1OC(N)=N[C@@]12Cc1cccc(-c3cnc4ccccc4c3)c1C2.Cc1cc(-c2cccc3c2C[C@@]2(C3)N=C(N)O[C@@H]2C)ccn1.Cc1cnccc1-c1cccc2c1C[C@@]1(C2)N=C(N)O[C@@H]1C. The van der Waals surface area contributed by atoms with Crippen LogP contribution in [0.5, 0.6) is 5.88 Å². The number of rotatable bonds is 7. The van der Waals surface area contributed by atoms with Crippen molar-refractivity contribution < 1.29 is 37.5 Å². The van der Waals surface area contributed by atoms with Crippen LogP contribution in [0.1, 0.15) is 120 Å². The zero-order valence-electron chi connectivity index (χ0n) is 77.0. The van der Waals surface area contributed by atoms with E-state index in [4.69, 9.17) is 67.6 Å². The Labute approximate surface area is 783 Å². The van der Waals surface area contributed by atoms with Gasteiger partial charge in [-0.05, 0) is 215 Å². The second-order valence-electron chi connectivity index (χ2n) is 37.5. The van der Waals surface area contributed by atoms with E-state index in [0.29, 0.717) is 48.0 Å². The van der Waals surface area contributed by atoms with Crippen molar-refractivity contribution in [1.29, 1.82) is 0 Å². The van der Waals surface area contributed by atoms with Gasteiger partial charge in [-0.1, -0.05) is 133 Å². The van der Waals surface area contributed by atoms with Crippen LogP contribution in [-0.4, -0.2) is 148 Å². The molecule has 6 spiro atoms. The number of aliphatic imine (C=N–C) groups is 6. The molecule has 0 radical (unpaired) electrons.